The topological polar surface area (TPSA) is 88.4 Å². The zero-order valence-electron chi connectivity index (χ0n) is 25.3. The van der Waals surface area contributed by atoms with Crippen LogP contribution in [-0.2, 0) is 16.1 Å². The van der Waals surface area contributed by atoms with Crippen molar-refractivity contribution in [3.63, 3.8) is 0 Å². The van der Waals surface area contributed by atoms with Crippen molar-refractivity contribution >= 4 is 55.2 Å². The van der Waals surface area contributed by atoms with E-state index in [-0.39, 0.29) is 12.2 Å². The van der Waals surface area contributed by atoms with E-state index in [1.165, 1.54) is 11.3 Å². The van der Waals surface area contributed by atoms with Crippen molar-refractivity contribution in [2.45, 2.75) is 39.3 Å². The van der Waals surface area contributed by atoms with Gasteiger partial charge in [-0.15, -0.1) is 0 Å². The number of ether oxygens (including phenoxy) is 4. The second-order valence-corrected chi connectivity index (χ2v) is 12.8. The standard InChI is InChI=1S/C34H32Br2N2O6S/c1-5-10-26-29(33(40)43-6-2)30(23-18-22(41-3)13-14-27(23)42-4)38-32(39)28(45-34(38)37-26)17-21-15-24(35)31(25(36)16-21)44-19-20-11-8-7-9-12-20/h7-9,11-18,30H,5-6,10,19H2,1-4H3/b28-17-/t30-/m0/s1. The van der Waals surface area contributed by atoms with E-state index in [1.807, 2.05) is 55.5 Å². The van der Waals surface area contributed by atoms with Crippen LogP contribution in [-0.4, -0.2) is 31.4 Å². The van der Waals surface area contributed by atoms with Crippen LogP contribution in [0.5, 0.6) is 17.2 Å². The molecule has 0 unspecified atom stereocenters. The highest BCUT2D eigenvalue weighted by Crippen LogP contribution is 2.39. The van der Waals surface area contributed by atoms with Crippen LogP contribution in [0.25, 0.3) is 6.08 Å². The summed E-state index contributed by atoms with van der Waals surface area (Å²) in [5, 5.41) is 0. The number of esters is 1. The second-order valence-electron chi connectivity index (χ2n) is 10.1. The molecule has 0 saturated carbocycles. The Kier molecular flexibility index (Phi) is 10.6. The molecule has 0 fully saturated rings. The molecule has 0 amide bonds. The third-order valence-corrected chi connectivity index (χ3v) is 9.33. The highest BCUT2D eigenvalue weighted by Gasteiger charge is 2.36. The molecule has 4 aromatic rings. The van der Waals surface area contributed by atoms with Crippen molar-refractivity contribution in [2.75, 3.05) is 20.8 Å². The number of hydrogen-bond donors (Lipinski definition) is 0. The Morgan fingerprint density at radius 3 is 2.40 bits per heavy atom. The van der Waals surface area contributed by atoms with Crippen LogP contribution < -0.4 is 29.1 Å². The molecule has 5 rings (SSSR count). The van der Waals surface area contributed by atoms with Crippen molar-refractivity contribution in [2.24, 2.45) is 4.99 Å². The molecule has 1 aliphatic heterocycles. The van der Waals surface area contributed by atoms with Crippen LogP contribution in [0, 0.1) is 0 Å². The van der Waals surface area contributed by atoms with Gasteiger partial charge in [0.2, 0.25) is 0 Å². The number of nitrogens with zero attached hydrogens (tertiary/aromatic N) is 2. The molecule has 1 aliphatic rings. The lowest BCUT2D eigenvalue weighted by Crippen LogP contribution is -2.40. The lowest BCUT2D eigenvalue weighted by molar-refractivity contribution is -0.139. The van der Waals surface area contributed by atoms with Gasteiger partial charge >= 0.3 is 5.97 Å². The number of carbonyl (C=O) groups is 1. The monoisotopic (exact) mass is 754 g/mol. The molecular weight excluding hydrogens is 724 g/mol. The molecule has 11 heteroatoms. The Morgan fingerprint density at radius 1 is 1.02 bits per heavy atom. The van der Waals surface area contributed by atoms with E-state index in [9.17, 15) is 9.59 Å². The van der Waals surface area contributed by atoms with Gasteiger partial charge in [0, 0.05) is 5.56 Å². The fourth-order valence-electron chi connectivity index (χ4n) is 5.15. The summed E-state index contributed by atoms with van der Waals surface area (Å²) >= 11 is 8.54. The van der Waals surface area contributed by atoms with Crippen molar-refractivity contribution in [3.05, 3.63) is 117 Å². The quantitative estimate of drug-likeness (QED) is 0.159. The average Bonchev–Trinajstić information content (AvgIpc) is 3.34. The molecule has 0 spiro atoms. The Hall–Kier alpha value is -3.67. The molecule has 8 nitrogen and oxygen atoms in total. The Morgan fingerprint density at radius 2 is 1.76 bits per heavy atom. The molecule has 1 atom stereocenters. The molecule has 0 saturated heterocycles. The summed E-state index contributed by atoms with van der Waals surface area (Å²) in [5.74, 6) is 1.21. The number of fused-ring (bicyclic) bond motifs is 1. The second kappa shape index (κ2) is 14.6. The Balaban J connectivity index is 1.65. The Labute approximate surface area is 281 Å². The zero-order valence-corrected chi connectivity index (χ0v) is 29.3. The summed E-state index contributed by atoms with van der Waals surface area (Å²) < 4.78 is 26.3. The predicted octanol–water partition coefficient (Wildman–Crippen LogP) is 6.70. The number of benzene rings is 3. The van der Waals surface area contributed by atoms with Crippen molar-refractivity contribution in [3.8, 4) is 17.2 Å². The summed E-state index contributed by atoms with van der Waals surface area (Å²) in [6.45, 7) is 4.36. The molecule has 3 aromatic carbocycles. The van der Waals surface area contributed by atoms with Gasteiger partial charge in [0.05, 0.1) is 45.6 Å². The van der Waals surface area contributed by atoms with Gasteiger partial charge in [-0.3, -0.25) is 9.36 Å². The van der Waals surface area contributed by atoms with Gasteiger partial charge in [0.15, 0.2) is 4.80 Å². The van der Waals surface area contributed by atoms with E-state index in [0.717, 1.165) is 26.5 Å². The maximum atomic E-state index is 14.2. The fourth-order valence-corrected chi connectivity index (χ4v) is 7.62. The van der Waals surface area contributed by atoms with Gasteiger partial charge in [0.1, 0.15) is 29.9 Å². The summed E-state index contributed by atoms with van der Waals surface area (Å²) in [5.41, 5.74) is 3.04. The summed E-state index contributed by atoms with van der Waals surface area (Å²) in [4.78, 5) is 33.1. The lowest BCUT2D eigenvalue weighted by atomic mass is 9.93. The van der Waals surface area contributed by atoms with Gasteiger partial charge in [-0.05, 0) is 92.7 Å². The van der Waals surface area contributed by atoms with Crippen molar-refractivity contribution < 1.29 is 23.7 Å². The molecule has 0 bridgehead atoms. The van der Waals surface area contributed by atoms with Crippen molar-refractivity contribution in [1.82, 2.24) is 4.57 Å². The molecule has 2 heterocycles. The van der Waals surface area contributed by atoms with E-state index >= 15 is 0 Å². The fraction of sp³-hybridized carbons (Fsp3) is 0.265. The highest BCUT2D eigenvalue weighted by atomic mass is 79.9. The third kappa shape index (κ3) is 6.95. The normalized spacial score (nSPS) is 14.5. The van der Waals surface area contributed by atoms with Crippen LogP contribution in [0.15, 0.2) is 90.7 Å². The molecule has 1 aromatic heterocycles. The van der Waals surface area contributed by atoms with Gasteiger partial charge < -0.3 is 18.9 Å². The first kappa shape index (κ1) is 32.7. The maximum absolute atomic E-state index is 14.2. The maximum Gasteiger partial charge on any atom is 0.338 e. The van der Waals surface area contributed by atoms with Crippen LogP contribution in [0.1, 0.15) is 49.4 Å². The van der Waals surface area contributed by atoms with Crippen LogP contribution in [0.2, 0.25) is 0 Å². The number of carbonyl (C=O) groups excluding carboxylic acids is 1. The van der Waals surface area contributed by atoms with Crippen LogP contribution in [0.3, 0.4) is 0 Å². The SMILES string of the molecule is CCCC1=C(C(=O)OCC)[C@H](c2cc(OC)ccc2OC)n2c(s/c(=C\c3cc(Br)c(OCc4ccccc4)c(Br)c3)c2=O)=N1. The van der Waals surface area contributed by atoms with Crippen LogP contribution >= 0.6 is 43.2 Å². The average molecular weight is 757 g/mol. The van der Waals surface area contributed by atoms with Crippen LogP contribution in [0.4, 0.5) is 0 Å². The largest absolute Gasteiger partial charge is 0.497 e. The van der Waals surface area contributed by atoms with Crippen molar-refractivity contribution in [1.29, 1.82) is 0 Å². The third-order valence-electron chi connectivity index (χ3n) is 7.17. The van der Waals surface area contributed by atoms with Gasteiger partial charge in [-0.1, -0.05) is 55.0 Å². The lowest BCUT2D eigenvalue weighted by Gasteiger charge is -2.27. The van der Waals surface area contributed by atoms with E-state index < -0.39 is 12.0 Å². The minimum absolute atomic E-state index is 0.183. The number of halogens is 2. The van der Waals surface area contributed by atoms with Gasteiger partial charge in [0.25, 0.3) is 5.56 Å². The molecule has 0 radical (unpaired) electrons. The summed E-state index contributed by atoms with van der Waals surface area (Å²) in [6, 6.07) is 18.2. The molecular formula is C34H32Br2N2O6S. The first-order valence-corrected chi connectivity index (χ1v) is 16.8. The minimum Gasteiger partial charge on any atom is -0.497 e. The van der Waals surface area contributed by atoms with E-state index in [2.05, 4.69) is 31.9 Å². The number of hydrogen-bond acceptors (Lipinski definition) is 8. The number of methoxy groups -OCH3 is 2. The predicted molar refractivity (Wildman–Crippen MR) is 182 cm³/mol. The van der Waals surface area contributed by atoms with E-state index in [0.29, 0.717) is 56.4 Å². The Bertz CT molecular complexity index is 1910. The summed E-state index contributed by atoms with van der Waals surface area (Å²) in [6.07, 6.45) is 3.10. The molecule has 45 heavy (non-hydrogen) atoms. The smallest absolute Gasteiger partial charge is 0.338 e. The molecule has 0 N–H and O–H groups in total. The number of thiazole rings is 1. The minimum atomic E-state index is -0.832. The zero-order chi connectivity index (χ0) is 32.1. The number of allylic oxidation sites excluding steroid dienone is 1. The first-order valence-electron chi connectivity index (χ1n) is 14.4. The van der Waals surface area contributed by atoms with E-state index in [4.69, 9.17) is 23.9 Å². The van der Waals surface area contributed by atoms with Gasteiger partial charge in [-0.25, -0.2) is 9.79 Å². The molecule has 0 aliphatic carbocycles. The number of aromatic nitrogens is 1. The highest BCUT2D eigenvalue weighted by molar-refractivity contribution is 9.11. The number of rotatable bonds is 11. The van der Waals surface area contributed by atoms with Gasteiger partial charge in [-0.2, -0.15) is 0 Å². The summed E-state index contributed by atoms with van der Waals surface area (Å²) in [7, 11) is 3.12. The molecule has 234 valence electrons. The van der Waals surface area contributed by atoms with E-state index in [1.54, 1.807) is 43.9 Å². The first-order chi connectivity index (χ1) is 21.8.